The Kier molecular flexibility index (Phi) is 5.42. The summed E-state index contributed by atoms with van der Waals surface area (Å²) in [5.41, 5.74) is 2.07. The van der Waals surface area contributed by atoms with Gasteiger partial charge in [0, 0.05) is 17.7 Å². The second kappa shape index (κ2) is 8.11. The Hall–Kier alpha value is -3.14. The summed E-state index contributed by atoms with van der Waals surface area (Å²) < 4.78 is 18.9. The van der Waals surface area contributed by atoms with Crippen LogP contribution < -0.4 is 10.1 Å². The molecule has 0 aliphatic heterocycles. The van der Waals surface area contributed by atoms with Crippen LogP contribution in [0.15, 0.2) is 78.9 Å². The quantitative estimate of drug-likeness (QED) is 0.709. The normalized spacial score (nSPS) is 10.3. The number of carbonyl (C=O) groups is 1. The zero-order valence-corrected chi connectivity index (χ0v) is 13.6. The van der Waals surface area contributed by atoms with Gasteiger partial charge in [-0.3, -0.25) is 4.79 Å². The second-order valence-corrected chi connectivity index (χ2v) is 5.58. The van der Waals surface area contributed by atoms with Crippen molar-refractivity contribution in [3.63, 3.8) is 0 Å². The molecule has 3 nitrogen and oxygen atoms in total. The minimum atomic E-state index is -0.393. The lowest BCUT2D eigenvalue weighted by molar-refractivity contribution is 0.102. The standard InChI is InChI=1S/C21H18FNO2/c22-18-9-5-10-19(15-18)23-21(24)17-8-4-11-20(14-17)25-13-12-16-6-2-1-3-7-16/h1-11,14-15H,12-13H2,(H,23,24). The predicted octanol–water partition coefficient (Wildman–Crippen LogP) is 4.70. The summed E-state index contributed by atoms with van der Waals surface area (Å²) in [7, 11) is 0. The van der Waals surface area contributed by atoms with E-state index in [-0.39, 0.29) is 5.91 Å². The van der Waals surface area contributed by atoms with E-state index in [1.807, 2.05) is 36.4 Å². The van der Waals surface area contributed by atoms with E-state index in [9.17, 15) is 9.18 Å². The van der Waals surface area contributed by atoms with Crippen LogP contribution >= 0.6 is 0 Å². The van der Waals surface area contributed by atoms with E-state index in [1.54, 1.807) is 30.3 Å². The number of halogens is 1. The Labute approximate surface area is 146 Å². The molecular weight excluding hydrogens is 317 g/mol. The Morgan fingerprint density at radius 3 is 2.52 bits per heavy atom. The van der Waals surface area contributed by atoms with Gasteiger partial charge in [0.25, 0.3) is 5.91 Å². The molecule has 3 rings (SSSR count). The third kappa shape index (κ3) is 4.91. The minimum absolute atomic E-state index is 0.306. The first-order valence-electron chi connectivity index (χ1n) is 8.04. The molecule has 3 aromatic rings. The van der Waals surface area contributed by atoms with Gasteiger partial charge in [0.05, 0.1) is 6.61 Å². The van der Waals surface area contributed by atoms with Crippen LogP contribution in [-0.2, 0) is 6.42 Å². The van der Waals surface area contributed by atoms with Crippen molar-refractivity contribution < 1.29 is 13.9 Å². The summed E-state index contributed by atoms with van der Waals surface area (Å²) in [5, 5.41) is 2.67. The highest BCUT2D eigenvalue weighted by Gasteiger charge is 2.08. The van der Waals surface area contributed by atoms with E-state index in [0.717, 1.165) is 6.42 Å². The molecule has 0 unspecified atom stereocenters. The van der Waals surface area contributed by atoms with E-state index in [1.165, 1.54) is 17.7 Å². The molecule has 0 aromatic heterocycles. The van der Waals surface area contributed by atoms with Gasteiger partial charge in [-0.2, -0.15) is 0 Å². The Morgan fingerprint density at radius 1 is 0.920 bits per heavy atom. The molecule has 25 heavy (non-hydrogen) atoms. The molecule has 126 valence electrons. The maximum Gasteiger partial charge on any atom is 0.255 e. The SMILES string of the molecule is O=C(Nc1cccc(F)c1)c1cccc(OCCc2ccccc2)c1. The van der Waals surface area contributed by atoms with Crippen molar-refractivity contribution >= 4 is 11.6 Å². The maximum atomic E-state index is 13.2. The number of benzene rings is 3. The Balaban J connectivity index is 1.59. The number of carbonyl (C=O) groups excluding carboxylic acids is 1. The molecule has 0 saturated carbocycles. The smallest absolute Gasteiger partial charge is 0.255 e. The molecule has 0 aliphatic carbocycles. The molecule has 4 heteroatoms. The van der Waals surface area contributed by atoms with E-state index in [4.69, 9.17) is 4.74 Å². The van der Waals surface area contributed by atoms with Crippen LogP contribution in [0.4, 0.5) is 10.1 Å². The van der Waals surface area contributed by atoms with Crippen LogP contribution in [0, 0.1) is 5.82 Å². The molecule has 0 bridgehead atoms. The minimum Gasteiger partial charge on any atom is -0.493 e. The predicted molar refractivity (Wildman–Crippen MR) is 96.4 cm³/mol. The molecule has 1 amide bonds. The topological polar surface area (TPSA) is 38.3 Å². The van der Waals surface area contributed by atoms with Crippen molar-refractivity contribution in [3.8, 4) is 5.75 Å². The van der Waals surface area contributed by atoms with Crippen molar-refractivity contribution in [1.29, 1.82) is 0 Å². The molecule has 3 aromatic carbocycles. The number of hydrogen-bond acceptors (Lipinski definition) is 2. The first-order chi connectivity index (χ1) is 12.2. The summed E-state index contributed by atoms with van der Waals surface area (Å²) in [5.74, 6) is -0.0715. The van der Waals surface area contributed by atoms with Gasteiger partial charge in [0.2, 0.25) is 0 Å². The van der Waals surface area contributed by atoms with Gasteiger partial charge in [-0.1, -0.05) is 42.5 Å². The van der Waals surface area contributed by atoms with Crippen LogP contribution in [0.5, 0.6) is 5.75 Å². The molecule has 0 spiro atoms. The van der Waals surface area contributed by atoms with Crippen LogP contribution in [0.3, 0.4) is 0 Å². The van der Waals surface area contributed by atoms with Gasteiger partial charge in [-0.15, -0.1) is 0 Å². The maximum absolute atomic E-state index is 13.2. The van der Waals surface area contributed by atoms with Crippen LogP contribution in [0.25, 0.3) is 0 Å². The lowest BCUT2D eigenvalue weighted by Gasteiger charge is -2.09. The summed E-state index contributed by atoms with van der Waals surface area (Å²) in [6, 6.07) is 22.8. The first kappa shape index (κ1) is 16.7. The van der Waals surface area contributed by atoms with E-state index in [2.05, 4.69) is 5.32 Å². The van der Waals surface area contributed by atoms with Gasteiger partial charge < -0.3 is 10.1 Å². The number of amides is 1. The van der Waals surface area contributed by atoms with E-state index < -0.39 is 5.82 Å². The fourth-order valence-corrected chi connectivity index (χ4v) is 2.43. The molecule has 1 N–H and O–H groups in total. The summed E-state index contributed by atoms with van der Waals surface area (Å²) in [6.45, 7) is 0.527. The molecule has 0 atom stereocenters. The van der Waals surface area contributed by atoms with Gasteiger partial charge in [0.15, 0.2) is 0 Å². The van der Waals surface area contributed by atoms with E-state index >= 15 is 0 Å². The summed E-state index contributed by atoms with van der Waals surface area (Å²) >= 11 is 0. The average molecular weight is 335 g/mol. The third-order valence-corrected chi connectivity index (χ3v) is 3.68. The number of ether oxygens (including phenoxy) is 1. The van der Waals surface area contributed by atoms with Crippen molar-refractivity contribution in [2.75, 3.05) is 11.9 Å². The number of hydrogen-bond donors (Lipinski definition) is 1. The molecule has 0 fully saturated rings. The van der Waals surface area contributed by atoms with Gasteiger partial charge in [-0.05, 0) is 42.0 Å². The van der Waals surface area contributed by atoms with Gasteiger partial charge >= 0.3 is 0 Å². The zero-order valence-electron chi connectivity index (χ0n) is 13.6. The Morgan fingerprint density at radius 2 is 1.72 bits per heavy atom. The zero-order chi connectivity index (χ0) is 17.5. The molecule has 0 aliphatic rings. The number of anilines is 1. The highest BCUT2D eigenvalue weighted by molar-refractivity contribution is 6.04. The fraction of sp³-hybridized carbons (Fsp3) is 0.0952. The monoisotopic (exact) mass is 335 g/mol. The summed E-state index contributed by atoms with van der Waals surface area (Å²) in [4.78, 5) is 12.3. The highest BCUT2D eigenvalue weighted by Crippen LogP contribution is 2.16. The number of nitrogens with one attached hydrogen (secondary N) is 1. The molecule has 0 radical (unpaired) electrons. The molecule has 0 heterocycles. The van der Waals surface area contributed by atoms with Crippen molar-refractivity contribution in [2.45, 2.75) is 6.42 Å². The first-order valence-corrected chi connectivity index (χ1v) is 8.04. The lowest BCUT2D eigenvalue weighted by atomic mass is 10.1. The second-order valence-electron chi connectivity index (χ2n) is 5.58. The molecule has 0 saturated heterocycles. The third-order valence-electron chi connectivity index (χ3n) is 3.68. The van der Waals surface area contributed by atoms with Crippen LogP contribution in [-0.4, -0.2) is 12.5 Å². The van der Waals surface area contributed by atoms with Gasteiger partial charge in [-0.25, -0.2) is 4.39 Å². The van der Waals surface area contributed by atoms with Crippen molar-refractivity contribution in [2.24, 2.45) is 0 Å². The highest BCUT2D eigenvalue weighted by atomic mass is 19.1. The average Bonchev–Trinajstić information content (AvgIpc) is 2.63. The lowest BCUT2D eigenvalue weighted by Crippen LogP contribution is -2.12. The fourth-order valence-electron chi connectivity index (χ4n) is 2.43. The van der Waals surface area contributed by atoms with Gasteiger partial charge in [0.1, 0.15) is 11.6 Å². The molecular formula is C21H18FNO2. The van der Waals surface area contributed by atoms with Crippen LogP contribution in [0.2, 0.25) is 0 Å². The number of rotatable bonds is 6. The van der Waals surface area contributed by atoms with Crippen molar-refractivity contribution in [3.05, 3.63) is 95.8 Å². The Bertz CT molecular complexity index is 849. The van der Waals surface area contributed by atoms with Crippen LogP contribution in [0.1, 0.15) is 15.9 Å². The summed E-state index contributed by atoms with van der Waals surface area (Å²) in [6.07, 6.45) is 0.792. The largest absolute Gasteiger partial charge is 0.493 e. The van der Waals surface area contributed by atoms with Crippen molar-refractivity contribution in [1.82, 2.24) is 0 Å². The van der Waals surface area contributed by atoms with E-state index in [0.29, 0.717) is 23.6 Å².